The highest BCUT2D eigenvalue weighted by Gasteiger charge is 2.08. The maximum atomic E-state index is 12.2. The molecule has 0 spiro atoms. The van der Waals surface area contributed by atoms with E-state index in [9.17, 15) is 14.4 Å². The average Bonchev–Trinajstić information content (AvgIpc) is 2.75. The van der Waals surface area contributed by atoms with E-state index in [1.165, 1.54) is 0 Å². The van der Waals surface area contributed by atoms with E-state index in [4.69, 9.17) is 0 Å². The van der Waals surface area contributed by atoms with Gasteiger partial charge >= 0.3 is 6.03 Å². The molecule has 0 aliphatic heterocycles. The predicted molar refractivity (Wildman–Crippen MR) is 125 cm³/mol. The minimum absolute atomic E-state index is 0.119. The van der Waals surface area contributed by atoms with Gasteiger partial charge in [-0.2, -0.15) is 0 Å². The van der Waals surface area contributed by atoms with Gasteiger partial charge in [-0.3, -0.25) is 9.59 Å². The van der Waals surface area contributed by atoms with Gasteiger partial charge in [0.25, 0.3) is 5.91 Å². The van der Waals surface area contributed by atoms with Crippen molar-refractivity contribution in [1.82, 2.24) is 5.32 Å². The van der Waals surface area contributed by atoms with Crippen LogP contribution in [0.2, 0.25) is 0 Å². The molecular weight excluding hydrogens is 460 g/mol. The number of hydrogen-bond acceptors (Lipinski definition) is 3. The molecule has 3 aromatic carbocycles. The summed E-state index contributed by atoms with van der Waals surface area (Å²) in [5, 5.41) is 10.9. The molecule has 4 amide bonds. The maximum Gasteiger partial charge on any atom is 0.323 e. The lowest BCUT2D eigenvalue weighted by molar-refractivity contribution is -0.116. The van der Waals surface area contributed by atoms with Gasteiger partial charge in [-0.1, -0.05) is 40.2 Å². The van der Waals surface area contributed by atoms with Gasteiger partial charge in [0, 0.05) is 40.1 Å². The van der Waals surface area contributed by atoms with Crippen LogP contribution in [-0.2, 0) is 4.79 Å². The highest BCUT2D eigenvalue weighted by atomic mass is 79.9. The lowest BCUT2D eigenvalue weighted by atomic mass is 10.2. The van der Waals surface area contributed by atoms with Crippen LogP contribution in [0.1, 0.15) is 16.8 Å². The number of hydrogen-bond donors (Lipinski definition) is 4. The fourth-order valence-electron chi connectivity index (χ4n) is 2.71. The first-order valence-corrected chi connectivity index (χ1v) is 10.4. The third-order valence-corrected chi connectivity index (χ3v) is 4.71. The van der Waals surface area contributed by atoms with Crippen LogP contribution in [0.25, 0.3) is 0 Å². The van der Waals surface area contributed by atoms with Crippen molar-refractivity contribution in [2.45, 2.75) is 6.42 Å². The van der Waals surface area contributed by atoms with E-state index < -0.39 is 0 Å². The number of carbonyl (C=O) groups excluding carboxylic acids is 3. The quantitative estimate of drug-likeness (QED) is 0.388. The number of nitrogens with one attached hydrogen (secondary N) is 4. The van der Waals surface area contributed by atoms with E-state index in [0.29, 0.717) is 22.6 Å². The molecule has 0 fully saturated rings. The van der Waals surface area contributed by atoms with Crippen molar-refractivity contribution in [3.8, 4) is 0 Å². The summed E-state index contributed by atoms with van der Waals surface area (Å²) in [5.74, 6) is -0.488. The van der Waals surface area contributed by atoms with Gasteiger partial charge in [0.15, 0.2) is 0 Å². The fourth-order valence-corrected chi connectivity index (χ4v) is 2.97. The minimum Gasteiger partial charge on any atom is -0.352 e. The molecule has 0 radical (unpaired) electrons. The lowest BCUT2D eigenvalue weighted by Crippen LogP contribution is -2.27. The largest absolute Gasteiger partial charge is 0.352 e. The number of amides is 4. The number of halogens is 1. The number of para-hydroxylation sites is 1. The van der Waals surface area contributed by atoms with Gasteiger partial charge < -0.3 is 21.3 Å². The van der Waals surface area contributed by atoms with Crippen LogP contribution >= 0.6 is 15.9 Å². The van der Waals surface area contributed by atoms with E-state index in [1.54, 1.807) is 60.7 Å². The Morgan fingerprint density at radius 2 is 1.32 bits per heavy atom. The summed E-state index contributed by atoms with van der Waals surface area (Å²) in [6.45, 7) is 0.207. The molecule has 0 aliphatic carbocycles. The molecule has 3 rings (SSSR count). The van der Waals surface area contributed by atoms with E-state index >= 15 is 0 Å². The Morgan fingerprint density at radius 1 is 0.710 bits per heavy atom. The molecule has 0 saturated heterocycles. The third kappa shape index (κ3) is 7.27. The number of urea groups is 1. The van der Waals surface area contributed by atoms with Crippen molar-refractivity contribution >= 4 is 50.8 Å². The highest BCUT2D eigenvalue weighted by Crippen LogP contribution is 2.16. The minimum atomic E-state index is -0.384. The molecule has 8 heteroatoms. The van der Waals surface area contributed by atoms with Gasteiger partial charge in [0.05, 0.1) is 0 Å². The summed E-state index contributed by atoms with van der Waals surface area (Å²) < 4.78 is 0.887. The van der Waals surface area contributed by atoms with E-state index in [2.05, 4.69) is 37.2 Å². The second-order valence-electron chi connectivity index (χ2n) is 6.59. The van der Waals surface area contributed by atoms with Crippen molar-refractivity contribution in [1.29, 1.82) is 0 Å². The summed E-state index contributed by atoms with van der Waals surface area (Å²) >= 11 is 3.32. The van der Waals surface area contributed by atoms with Crippen LogP contribution in [0.15, 0.2) is 83.3 Å². The van der Waals surface area contributed by atoms with E-state index in [-0.39, 0.29) is 30.8 Å². The smallest absolute Gasteiger partial charge is 0.323 e. The van der Waals surface area contributed by atoms with Crippen LogP contribution < -0.4 is 21.3 Å². The van der Waals surface area contributed by atoms with Gasteiger partial charge in [-0.25, -0.2) is 4.79 Å². The van der Waals surface area contributed by atoms with Gasteiger partial charge in [-0.15, -0.1) is 0 Å². The monoisotopic (exact) mass is 480 g/mol. The summed E-state index contributed by atoms with van der Waals surface area (Å²) in [6.07, 6.45) is 0.119. The highest BCUT2D eigenvalue weighted by molar-refractivity contribution is 9.10. The molecule has 0 aromatic heterocycles. The molecule has 0 atom stereocenters. The number of benzene rings is 3. The Labute approximate surface area is 188 Å². The summed E-state index contributed by atoms with van der Waals surface area (Å²) in [4.78, 5) is 36.4. The molecule has 0 bridgehead atoms. The summed E-state index contributed by atoms with van der Waals surface area (Å²) in [7, 11) is 0. The Bertz CT molecular complexity index is 1060. The topological polar surface area (TPSA) is 99.3 Å². The van der Waals surface area contributed by atoms with Crippen molar-refractivity contribution in [2.24, 2.45) is 0 Å². The summed E-state index contributed by atoms with van der Waals surface area (Å²) in [6, 6.07) is 22.5. The van der Waals surface area contributed by atoms with Crippen LogP contribution in [0.3, 0.4) is 0 Å². The van der Waals surface area contributed by atoms with Crippen LogP contribution in [0.5, 0.6) is 0 Å². The number of anilines is 3. The second kappa shape index (κ2) is 10.9. The first kappa shape index (κ1) is 22.0. The van der Waals surface area contributed by atoms with Crippen LogP contribution in [-0.4, -0.2) is 24.4 Å². The van der Waals surface area contributed by atoms with Gasteiger partial charge in [0.1, 0.15) is 0 Å². The third-order valence-electron chi connectivity index (χ3n) is 4.18. The first-order chi connectivity index (χ1) is 15.0. The van der Waals surface area contributed by atoms with E-state index in [0.717, 1.165) is 4.47 Å². The van der Waals surface area contributed by atoms with Gasteiger partial charge in [0.2, 0.25) is 5.91 Å². The average molecular weight is 481 g/mol. The molecule has 3 aromatic rings. The Hall–Kier alpha value is -3.65. The van der Waals surface area contributed by atoms with Crippen LogP contribution in [0.4, 0.5) is 21.9 Å². The van der Waals surface area contributed by atoms with Crippen LogP contribution in [0, 0.1) is 0 Å². The zero-order valence-corrected chi connectivity index (χ0v) is 18.1. The maximum absolute atomic E-state index is 12.2. The molecular formula is C23H21BrN4O3. The normalized spacial score (nSPS) is 10.1. The van der Waals surface area contributed by atoms with Crippen molar-refractivity contribution < 1.29 is 14.4 Å². The van der Waals surface area contributed by atoms with Gasteiger partial charge in [-0.05, 0) is 54.6 Å². The molecule has 7 nitrogen and oxygen atoms in total. The van der Waals surface area contributed by atoms with Crippen molar-refractivity contribution in [3.05, 3.63) is 88.9 Å². The molecule has 0 saturated carbocycles. The molecule has 31 heavy (non-hydrogen) atoms. The zero-order valence-electron chi connectivity index (χ0n) is 16.5. The molecule has 158 valence electrons. The van der Waals surface area contributed by atoms with Crippen molar-refractivity contribution in [3.63, 3.8) is 0 Å². The Morgan fingerprint density at radius 3 is 2.03 bits per heavy atom. The zero-order chi connectivity index (χ0) is 22.1. The molecule has 0 aliphatic rings. The first-order valence-electron chi connectivity index (χ1n) is 9.56. The second-order valence-corrected chi connectivity index (χ2v) is 7.50. The molecule has 0 heterocycles. The summed E-state index contributed by atoms with van der Waals surface area (Å²) in [5.41, 5.74) is 2.28. The lowest BCUT2D eigenvalue weighted by Gasteiger charge is -2.10. The molecule has 0 unspecified atom stereocenters. The Balaban J connectivity index is 1.45. The predicted octanol–water partition coefficient (Wildman–Crippen LogP) is 4.85. The molecule has 4 N–H and O–H groups in total. The Kier molecular flexibility index (Phi) is 7.78. The van der Waals surface area contributed by atoms with E-state index in [1.807, 2.05) is 18.2 Å². The fraction of sp³-hybridized carbons (Fsp3) is 0.0870. The number of rotatable bonds is 7. The SMILES string of the molecule is O=C(CCNC(=O)c1ccc(Br)cc1)Nc1cccc(NC(=O)Nc2ccccc2)c1. The van der Waals surface area contributed by atoms with Crippen molar-refractivity contribution in [2.75, 3.05) is 22.5 Å². The standard InChI is InChI=1S/C23H21BrN4O3/c24-17-11-9-16(10-12-17)22(30)25-14-13-21(29)26-19-7-4-8-20(15-19)28-23(31)27-18-5-2-1-3-6-18/h1-12,15H,13-14H2,(H,25,30)(H,26,29)(H2,27,28,31). The number of carbonyl (C=O) groups is 3.